The highest BCUT2D eigenvalue weighted by Gasteiger charge is 2.47. The van der Waals surface area contributed by atoms with Crippen LogP contribution in [0.5, 0.6) is 0 Å². The van der Waals surface area contributed by atoms with Crippen LogP contribution in [-0.4, -0.2) is 103 Å². The largest absolute Gasteiger partial charge is 0.407 e. The number of hydrogen-bond donors (Lipinski definition) is 4. The molecular weight excluding hydrogens is 1920 g/mol. The molecule has 4 rings (SSSR count). The van der Waals surface area contributed by atoms with Crippen molar-refractivity contribution in [3.63, 3.8) is 0 Å². The Morgan fingerprint density at radius 1 is 0.250 bits per heavy atom. The number of benzene rings is 4. The first-order valence-electron chi connectivity index (χ1n) is 56.4. The molecule has 0 heterocycles. The molecule has 12 atom stereocenters. The number of alkyl halides is 15. The third-order valence-corrected chi connectivity index (χ3v) is 25.2. The van der Waals surface area contributed by atoms with Crippen molar-refractivity contribution >= 4 is 11.6 Å². The van der Waals surface area contributed by atoms with Gasteiger partial charge in [-0.3, -0.25) is 9.80 Å². The van der Waals surface area contributed by atoms with Crippen LogP contribution >= 0.6 is 11.6 Å². The molecule has 148 heavy (non-hydrogen) atoms. The molecule has 0 spiro atoms. The topological polar surface area (TPSA) is 54.6 Å². The molecule has 0 saturated heterocycles. The number of hydrogen-bond acceptors (Lipinski definition) is 6. The molecule has 0 aliphatic carbocycles. The van der Waals surface area contributed by atoms with Crippen molar-refractivity contribution in [2.75, 3.05) is 14.1 Å². The third-order valence-electron chi connectivity index (χ3n) is 25.0. The van der Waals surface area contributed by atoms with Crippen molar-refractivity contribution in [1.29, 1.82) is 0 Å². The standard InChI is InChI=1S/C11H13ClF3N.C11H14F3N.2C11H17N.C10H19F3.C10H22.2C9H20.2C8H18.2C7H14F3N.2C7H16/c1-7(2)16-10(11(13,14)15)8-3-5-9(12)6-4-8;1-8(2)15-10(11(12,13)14)9-6-4-3-5-7-9;2*1-9(2)12-10(3)11-7-5-4-6-8-11;1-7(2)6-8(9(3,4)5)10(11,12)13;1-8(2)7-9(3)10(4,5)6;2*1-7(2)6-9(5)8(3)4;2*1-5-8(4)6-7(2)3;2*1-5(2)11(4)6(3)7(8,9)10;2*1-6(2)5-7(3)4/h3-7,10,16H,1-2H3;3-8,10,15H,1-2H3;2*4-10,12H,1-3H3;7-8H,6H2,1-5H3;8-9H,7H2,1-6H3;2*7-9H,6H2,1-5H3;2*7-8H,5-6H2,1-4H3;2*5-6H,1-4H3;2*6-7H,5H2,1-4H3/t4*10-;8-;3*9-;2*8-;2*6-;;/m111010101010../s1. The smallest absolute Gasteiger partial charge is 0.308 e. The molecule has 0 bridgehead atoms. The van der Waals surface area contributed by atoms with E-state index in [9.17, 15) is 65.9 Å². The van der Waals surface area contributed by atoms with Gasteiger partial charge in [0.15, 0.2) is 0 Å². The maximum Gasteiger partial charge on any atom is 0.407 e. The summed E-state index contributed by atoms with van der Waals surface area (Å²) >= 11 is 5.63. The first kappa shape index (κ1) is 164. The van der Waals surface area contributed by atoms with E-state index in [1.807, 2.05) is 26.0 Å². The number of nitrogens with one attached hydrogen (secondary N) is 4. The summed E-state index contributed by atoms with van der Waals surface area (Å²) in [5.41, 5.74) is 2.92. The van der Waals surface area contributed by atoms with Crippen LogP contribution < -0.4 is 21.3 Å². The van der Waals surface area contributed by atoms with Crippen LogP contribution in [0.3, 0.4) is 0 Å². The summed E-state index contributed by atoms with van der Waals surface area (Å²) in [5.74, 6) is 12.9. The van der Waals surface area contributed by atoms with Crippen LogP contribution in [0.15, 0.2) is 115 Å². The van der Waals surface area contributed by atoms with E-state index in [-0.39, 0.29) is 47.6 Å². The van der Waals surface area contributed by atoms with Crippen molar-refractivity contribution in [1.82, 2.24) is 31.1 Å². The summed E-state index contributed by atoms with van der Waals surface area (Å²) in [6.45, 7) is 111. The van der Waals surface area contributed by atoms with E-state index in [1.54, 1.807) is 94.4 Å². The summed E-state index contributed by atoms with van der Waals surface area (Å²) in [6, 6.07) is 30.0. The Morgan fingerprint density at radius 2 is 0.473 bits per heavy atom. The summed E-state index contributed by atoms with van der Waals surface area (Å²) in [7, 11) is 2.95. The van der Waals surface area contributed by atoms with Gasteiger partial charge in [0.25, 0.3) is 0 Å². The van der Waals surface area contributed by atoms with E-state index in [1.165, 1.54) is 143 Å². The molecule has 0 unspecified atom stereocenters. The van der Waals surface area contributed by atoms with E-state index in [2.05, 4.69) is 333 Å². The van der Waals surface area contributed by atoms with E-state index >= 15 is 0 Å². The second-order valence-corrected chi connectivity index (χ2v) is 50.9. The van der Waals surface area contributed by atoms with Gasteiger partial charge in [0.05, 0.1) is 5.92 Å². The number of halogens is 16. The van der Waals surface area contributed by atoms with Gasteiger partial charge < -0.3 is 21.3 Å². The molecule has 884 valence electrons. The summed E-state index contributed by atoms with van der Waals surface area (Å²) < 4.78 is 186. The maximum absolute atomic E-state index is 12.8. The Morgan fingerprint density at radius 3 is 0.601 bits per heavy atom. The molecule has 4 N–H and O–H groups in total. The SMILES string of the molecule is CC(C)CC(C)C.CC(C)CC(C)C.CC(C)C[C@@H](C)C(C)C.CC(C)C[C@H](C(C)(C)C)C(F)(F)F.CC(C)C[C@H](C)C(C)(C)C.CC(C)C[C@H](C)C(C)C.CC(C)N(C)[C@@H](C)C(F)(F)F.CC(C)N(C)[C@H](C)C(F)(F)F.CC(C)N[C@@H](C)c1ccccc1.CC(C)N[C@H](C)c1ccccc1.CC(C)N[C@H](c1ccc(Cl)cc1)C(F)(F)F.CC(C)N[C@H](c1ccccc1)C(F)(F)F.CC[C@@H](C)CC(C)C.CC[C@H](C)CC(C)C. The van der Waals surface area contributed by atoms with Crippen LogP contribution in [-0.2, 0) is 0 Å². The summed E-state index contributed by atoms with van der Waals surface area (Å²) in [6.07, 6.45) is -8.39. The van der Waals surface area contributed by atoms with Crippen LogP contribution in [0.1, 0.15) is 478 Å². The van der Waals surface area contributed by atoms with Crippen molar-refractivity contribution < 1.29 is 65.9 Å². The quantitative estimate of drug-likeness (QED) is 0.0341. The average molecular weight is 2160 g/mol. The zero-order valence-electron chi connectivity index (χ0n) is 105. The second-order valence-electron chi connectivity index (χ2n) is 50.4. The van der Waals surface area contributed by atoms with Gasteiger partial charge in [0.2, 0.25) is 0 Å². The van der Waals surface area contributed by atoms with E-state index in [0.717, 1.165) is 94.7 Å². The van der Waals surface area contributed by atoms with Gasteiger partial charge in [-0.05, 0) is 267 Å². The van der Waals surface area contributed by atoms with Crippen molar-refractivity contribution in [2.24, 2.45) is 117 Å². The van der Waals surface area contributed by atoms with Gasteiger partial charge >= 0.3 is 30.9 Å². The molecule has 0 aliphatic rings. The average Bonchev–Trinajstić information content (AvgIpc) is 0.832. The molecular formula is C126H238ClF15N6. The fraction of sp³-hybridized carbons (Fsp3) is 0.810. The van der Waals surface area contributed by atoms with Crippen molar-refractivity contribution in [2.45, 2.75) is 535 Å². The minimum absolute atomic E-state index is 0.0772. The van der Waals surface area contributed by atoms with Gasteiger partial charge in [0, 0.05) is 53.4 Å². The predicted octanol–water partition coefficient (Wildman–Crippen LogP) is 43.4. The Bertz CT molecular complexity index is 3340. The normalized spacial score (nSPS) is 14.5. The van der Waals surface area contributed by atoms with Crippen molar-refractivity contribution in [3.05, 3.63) is 143 Å². The minimum atomic E-state index is -4.31. The highest BCUT2D eigenvalue weighted by Crippen LogP contribution is 2.44. The number of rotatable bonds is 36. The monoisotopic (exact) mass is 2160 g/mol. The van der Waals surface area contributed by atoms with Crippen LogP contribution in [0.4, 0.5) is 65.9 Å². The van der Waals surface area contributed by atoms with Crippen molar-refractivity contribution in [3.8, 4) is 0 Å². The zero-order valence-corrected chi connectivity index (χ0v) is 106. The molecule has 0 fully saturated rings. The molecule has 4 aromatic rings. The Kier molecular flexibility index (Phi) is 96.3. The zero-order chi connectivity index (χ0) is 119. The van der Waals surface area contributed by atoms with E-state index < -0.39 is 66.4 Å². The lowest BCUT2D eigenvalue weighted by molar-refractivity contribution is -0.204. The molecule has 0 radical (unpaired) electrons. The molecule has 0 saturated carbocycles. The summed E-state index contributed by atoms with van der Waals surface area (Å²) in [4.78, 5) is 2.58. The van der Waals surface area contributed by atoms with Crippen LogP contribution in [0.25, 0.3) is 0 Å². The molecule has 0 aliphatic heterocycles. The lowest BCUT2D eigenvalue weighted by Crippen LogP contribution is -2.44. The summed E-state index contributed by atoms with van der Waals surface area (Å²) in [5, 5.41) is 12.3. The predicted molar refractivity (Wildman–Crippen MR) is 625 cm³/mol. The molecule has 0 aromatic heterocycles. The lowest BCUT2D eigenvalue weighted by atomic mass is 9.76. The molecule has 0 amide bonds. The van der Waals surface area contributed by atoms with Gasteiger partial charge in [-0.2, -0.15) is 65.9 Å². The van der Waals surface area contributed by atoms with Gasteiger partial charge in [0.1, 0.15) is 24.2 Å². The Labute approximate surface area is 911 Å². The highest BCUT2D eigenvalue weighted by molar-refractivity contribution is 6.30. The van der Waals surface area contributed by atoms with Gasteiger partial charge in [-0.25, -0.2) is 0 Å². The number of nitrogens with zero attached hydrogens (tertiary/aromatic N) is 2. The first-order chi connectivity index (χ1) is 66.7. The third kappa shape index (κ3) is 105. The maximum atomic E-state index is 12.8. The van der Waals surface area contributed by atoms with Crippen LogP contribution in [0, 0.1) is 117 Å². The fourth-order valence-corrected chi connectivity index (χ4v) is 15.3. The Hall–Kier alpha value is -4.12. The van der Waals surface area contributed by atoms with Gasteiger partial charge in [-0.15, -0.1) is 0 Å². The van der Waals surface area contributed by atoms with Crippen LogP contribution in [0.2, 0.25) is 5.02 Å². The first-order valence-corrected chi connectivity index (χ1v) is 56.8. The Balaban J connectivity index is -0.000000174. The molecule has 22 heteroatoms. The highest BCUT2D eigenvalue weighted by atomic mass is 35.5. The van der Waals surface area contributed by atoms with Gasteiger partial charge in [-0.1, -0.05) is 439 Å². The minimum Gasteiger partial charge on any atom is -0.308 e. The van der Waals surface area contributed by atoms with E-state index in [0.29, 0.717) is 34.6 Å². The van der Waals surface area contributed by atoms with E-state index in [4.69, 9.17) is 11.6 Å². The second kappa shape index (κ2) is 86.9. The lowest BCUT2D eigenvalue weighted by Gasteiger charge is -2.33. The fourth-order valence-electron chi connectivity index (χ4n) is 15.1. The molecule has 6 nitrogen and oxygen atoms in total. The molecule has 4 aromatic carbocycles.